The Morgan fingerprint density at radius 2 is 1.94 bits per heavy atom. The number of hydrogen-bond acceptors (Lipinski definition) is 4. The molecule has 78 valence electrons. The molecular weight excluding hydrogens is 217 g/mol. The van der Waals surface area contributed by atoms with E-state index in [0.29, 0.717) is 4.88 Å². The second-order valence-corrected chi connectivity index (χ2v) is 4.51. The van der Waals surface area contributed by atoms with Crippen molar-refractivity contribution >= 4 is 33.1 Å². The summed E-state index contributed by atoms with van der Waals surface area (Å²) in [5, 5.41) is 11.9. The molecular formula is C11H10LiNO2S. The Bertz CT molecular complexity index is 522. The topological polar surface area (TPSA) is 43.4 Å². The largest absolute Gasteiger partial charge is 1.00 e. The van der Waals surface area contributed by atoms with Crippen LogP contribution in [0, 0.1) is 0 Å². The molecule has 2 rings (SSSR count). The van der Waals surface area contributed by atoms with E-state index < -0.39 is 5.97 Å². The van der Waals surface area contributed by atoms with E-state index in [4.69, 9.17) is 0 Å². The van der Waals surface area contributed by atoms with E-state index in [0.717, 1.165) is 15.8 Å². The van der Waals surface area contributed by atoms with Crippen LogP contribution in [0.25, 0.3) is 10.1 Å². The van der Waals surface area contributed by atoms with E-state index in [-0.39, 0.29) is 18.9 Å². The number of rotatable bonds is 2. The van der Waals surface area contributed by atoms with Crippen molar-refractivity contribution in [3.8, 4) is 0 Å². The van der Waals surface area contributed by atoms with Crippen molar-refractivity contribution in [2.24, 2.45) is 0 Å². The number of fused-ring (bicyclic) bond motifs is 1. The van der Waals surface area contributed by atoms with Gasteiger partial charge in [0.25, 0.3) is 0 Å². The summed E-state index contributed by atoms with van der Waals surface area (Å²) in [6, 6.07) is 7.64. The average Bonchev–Trinajstić information content (AvgIpc) is 2.56. The molecule has 0 saturated carbocycles. The van der Waals surface area contributed by atoms with E-state index in [1.165, 1.54) is 11.3 Å². The van der Waals surface area contributed by atoms with Crippen molar-refractivity contribution in [2.75, 3.05) is 19.0 Å². The Morgan fingerprint density at radius 1 is 1.31 bits per heavy atom. The van der Waals surface area contributed by atoms with Gasteiger partial charge < -0.3 is 14.8 Å². The molecule has 0 spiro atoms. The number of carbonyl (C=O) groups is 1. The van der Waals surface area contributed by atoms with Crippen LogP contribution >= 0.6 is 11.3 Å². The van der Waals surface area contributed by atoms with Gasteiger partial charge in [-0.05, 0) is 6.07 Å². The van der Waals surface area contributed by atoms with Crippen molar-refractivity contribution in [1.29, 1.82) is 0 Å². The van der Waals surface area contributed by atoms with Gasteiger partial charge in [0.15, 0.2) is 0 Å². The zero-order chi connectivity index (χ0) is 11.0. The Kier molecular flexibility index (Phi) is 4.03. The first-order chi connectivity index (χ1) is 7.11. The van der Waals surface area contributed by atoms with Gasteiger partial charge in [0.1, 0.15) is 0 Å². The van der Waals surface area contributed by atoms with Crippen LogP contribution in [0.2, 0.25) is 0 Å². The summed E-state index contributed by atoms with van der Waals surface area (Å²) in [7, 11) is 3.67. The summed E-state index contributed by atoms with van der Waals surface area (Å²) in [6.07, 6.45) is 0. The van der Waals surface area contributed by atoms with E-state index in [1.807, 2.05) is 43.3 Å². The molecule has 0 fully saturated rings. The van der Waals surface area contributed by atoms with Crippen LogP contribution in [0.3, 0.4) is 0 Å². The summed E-state index contributed by atoms with van der Waals surface area (Å²) in [5.74, 6) is -1.11. The summed E-state index contributed by atoms with van der Waals surface area (Å²) < 4.78 is 0.973. The maximum absolute atomic E-state index is 11.0. The fraction of sp³-hybridized carbons (Fsp3) is 0.182. The standard InChI is InChI=1S/C11H11NO2S.Li/c1-12(2)9-7-5-3-4-6-8(7)15-10(9)11(13)14;/h3-6H,1-2H3,(H,13,14);/q;+1/p-1. The van der Waals surface area contributed by atoms with Gasteiger partial charge in [-0.25, -0.2) is 0 Å². The molecule has 0 amide bonds. The Morgan fingerprint density at radius 3 is 2.50 bits per heavy atom. The summed E-state index contributed by atoms with van der Waals surface area (Å²) in [4.78, 5) is 13.1. The zero-order valence-corrected chi connectivity index (χ0v) is 10.3. The van der Waals surface area contributed by atoms with E-state index in [1.54, 1.807) is 0 Å². The molecule has 1 aromatic heterocycles. The second kappa shape index (κ2) is 4.92. The van der Waals surface area contributed by atoms with Gasteiger partial charge in [-0.3, -0.25) is 0 Å². The minimum atomic E-state index is -1.11. The number of carboxylic acid groups (broad SMARTS) is 1. The fourth-order valence-electron chi connectivity index (χ4n) is 1.61. The molecule has 0 radical (unpaired) electrons. The molecule has 0 N–H and O–H groups in total. The van der Waals surface area contributed by atoms with Crippen LogP contribution in [-0.4, -0.2) is 20.1 Å². The van der Waals surface area contributed by atoms with Gasteiger partial charge in [-0.2, -0.15) is 0 Å². The van der Waals surface area contributed by atoms with Crippen molar-refractivity contribution in [3.05, 3.63) is 29.1 Å². The van der Waals surface area contributed by atoms with Gasteiger partial charge >= 0.3 is 18.9 Å². The molecule has 16 heavy (non-hydrogen) atoms. The van der Waals surface area contributed by atoms with Crippen LogP contribution in [0.5, 0.6) is 0 Å². The molecule has 5 heteroatoms. The van der Waals surface area contributed by atoms with Gasteiger partial charge in [-0.1, -0.05) is 18.2 Å². The van der Waals surface area contributed by atoms with E-state index in [2.05, 4.69) is 0 Å². The number of thiophene rings is 1. The number of nitrogens with zero attached hydrogens (tertiary/aromatic N) is 1. The van der Waals surface area contributed by atoms with Crippen molar-refractivity contribution in [3.63, 3.8) is 0 Å². The molecule has 0 aliphatic carbocycles. The molecule has 0 aliphatic heterocycles. The average molecular weight is 227 g/mol. The molecule has 1 aromatic carbocycles. The van der Waals surface area contributed by atoms with Crippen molar-refractivity contribution < 1.29 is 28.8 Å². The minimum Gasteiger partial charge on any atom is -0.544 e. The maximum Gasteiger partial charge on any atom is 1.00 e. The maximum atomic E-state index is 11.0. The number of anilines is 1. The SMILES string of the molecule is CN(C)c1c(C(=O)[O-])sc2ccccc12.[Li+]. The third-order valence-electron chi connectivity index (χ3n) is 2.20. The molecule has 0 atom stereocenters. The molecule has 0 saturated heterocycles. The first-order valence-electron chi connectivity index (χ1n) is 4.51. The van der Waals surface area contributed by atoms with Crippen molar-refractivity contribution in [1.82, 2.24) is 0 Å². The van der Waals surface area contributed by atoms with Gasteiger partial charge in [0, 0.05) is 24.2 Å². The predicted octanol–water partition coefficient (Wildman–Crippen LogP) is -1.67. The zero-order valence-electron chi connectivity index (χ0n) is 9.48. The number of aromatic carboxylic acids is 1. The minimum absolute atomic E-state index is 0. The van der Waals surface area contributed by atoms with Gasteiger partial charge in [0.2, 0.25) is 0 Å². The first kappa shape index (κ1) is 13.1. The van der Waals surface area contributed by atoms with Crippen LogP contribution < -0.4 is 28.9 Å². The van der Waals surface area contributed by atoms with Gasteiger partial charge in [-0.15, -0.1) is 11.3 Å². The molecule has 3 nitrogen and oxygen atoms in total. The van der Waals surface area contributed by atoms with Crippen molar-refractivity contribution in [2.45, 2.75) is 0 Å². The smallest absolute Gasteiger partial charge is 0.544 e. The number of benzene rings is 1. The molecule has 0 unspecified atom stereocenters. The third kappa shape index (κ3) is 2.10. The Hall–Kier alpha value is -0.953. The molecule has 0 aliphatic rings. The van der Waals surface area contributed by atoms with Crippen LogP contribution in [-0.2, 0) is 0 Å². The number of hydrogen-bond donors (Lipinski definition) is 0. The molecule has 0 bridgehead atoms. The number of carboxylic acids is 1. The third-order valence-corrected chi connectivity index (χ3v) is 3.34. The fourth-order valence-corrected chi connectivity index (χ4v) is 2.73. The quantitative estimate of drug-likeness (QED) is 0.576. The Balaban J connectivity index is 0.00000128. The van der Waals surface area contributed by atoms with Crippen LogP contribution in [0.15, 0.2) is 24.3 Å². The van der Waals surface area contributed by atoms with Crippen LogP contribution in [0.4, 0.5) is 5.69 Å². The summed E-state index contributed by atoms with van der Waals surface area (Å²) >= 11 is 1.26. The molecule has 2 aromatic rings. The van der Waals surface area contributed by atoms with E-state index >= 15 is 0 Å². The summed E-state index contributed by atoms with van der Waals surface area (Å²) in [6.45, 7) is 0. The monoisotopic (exact) mass is 227 g/mol. The second-order valence-electron chi connectivity index (χ2n) is 3.46. The van der Waals surface area contributed by atoms with Crippen LogP contribution in [0.1, 0.15) is 9.67 Å². The van der Waals surface area contributed by atoms with E-state index in [9.17, 15) is 9.90 Å². The summed E-state index contributed by atoms with van der Waals surface area (Å²) in [5.41, 5.74) is 0.732. The first-order valence-corrected chi connectivity index (χ1v) is 5.33. The molecule has 1 heterocycles. The normalized spacial score (nSPS) is 9.88. The number of carbonyl (C=O) groups excluding carboxylic acids is 1. The predicted molar refractivity (Wildman–Crippen MR) is 60.5 cm³/mol. The van der Waals surface area contributed by atoms with Gasteiger partial charge in [0.05, 0.1) is 16.5 Å². The Labute approximate surface area is 110 Å².